The van der Waals surface area contributed by atoms with Crippen molar-refractivity contribution in [2.75, 3.05) is 12.3 Å². The summed E-state index contributed by atoms with van der Waals surface area (Å²) in [6, 6.07) is 9.96. The van der Waals surface area contributed by atoms with E-state index in [2.05, 4.69) is 0 Å². The maximum absolute atomic E-state index is 11.8. The van der Waals surface area contributed by atoms with Crippen molar-refractivity contribution in [3.63, 3.8) is 0 Å². The maximum atomic E-state index is 11.8. The fourth-order valence-corrected chi connectivity index (χ4v) is 3.39. The van der Waals surface area contributed by atoms with Crippen LogP contribution in [0.2, 0.25) is 0 Å². The monoisotopic (exact) mass is 296 g/mol. The number of unbranched alkanes of at least 4 members (excludes halogenated alkanes) is 1. The molecular formula is C15H21O4P. The fourth-order valence-electron chi connectivity index (χ4n) is 1.90. The summed E-state index contributed by atoms with van der Waals surface area (Å²) in [6.45, 7) is 1.19. The predicted molar refractivity (Wildman–Crippen MR) is 79.2 cm³/mol. The van der Waals surface area contributed by atoms with Gasteiger partial charge in [-0.25, -0.2) is 0 Å². The van der Waals surface area contributed by atoms with Gasteiger partial charge in [-0.2, -0.15) is 0 Å². The molecule has 1 aromatic carbocycles. The second-order valence-electron chi connectivity index (χ2n) is 4.97. The number of Topliss-reactive ketones (excluding diaryl/α,β-unsaturated/α-hetero) is 2. The number of carbonyl (C=O) groups is 2. The zero-order chi connectivity index (χ0) is 15.0. The molecule has 0 saturated carbocycles. The van der Waals surface area contributed by atoms with Crippen LogP contribution in [-0.4, -0.2) is 28.8 Å². The predicted octanol–water partition coefficient (Wildman–Crippen LogP) is 2.83. The molecule has 0 heterocycles. The first-order valence-corrected chi connectivity index (χ1v) is 8.82. The maximum Gasteiger partial charge on any atom is 0.201 e. The third-order valence-electron chi connectivity index (χ3n) is 3.15. The van der Waals surface area contributed by atoms with Crippen LogP contribution in [0, 0.1) is 0 Å². The van der Waals surface area contributed by atoms with Gasteiger partial charge in [0.15, 0.2) is 11.6 Å². The van der Waals surface area contributed by atoms with Crippen molar-refractivity contribution in [2.45, 2.75) is 32.6 Å². The van der Waals surface area contributed by atoms with Gasteiger partial charge in [0.05, 0.1) is 0 Å². The van der Waals surface area contributed by atoms with Gasteiger partial charge in [0.25, 0.3) is 0 Å². The standard InChI is InChI=1S/C15H21O4P/c1-13(16)15(17)10-12-20(18,19)11-6-5-9-14-7-3-2-4-8-14/h2-4,7-8H,5-6,9-12H2,1H3,(H,18,19). The van der Waals surface area contributed by atoms with Crippen molar-refractivity contribution in [2.24, 2.45) is 0 Å². The molecule has 0 aliphatic heterocycles. The molecule has 1 rings (SSSR count). The van der Waals surface area contributed by atoms with Gasteiger partial charge in [0.1, 0.15) is 0 Å². The number of aryl methyl sites for hydroxylation is 1. The minimum atomic E-state index is -3.28. The Morgan fingerprint density at radius 3 is 2.35 bits per heavy atom. The van der Waals surface area contributed by atoms with Gasteiger partial charge in [-0.15, -0.1) is 0 Å². The molecule has 1 atom stereocenters. The van der Waals surface area contributed by atoms with Gasteiger partial charge >= 0.3 is 0 Å². The van der Waals surface area contributed by atoms with E-state index in [1.807, 2.05) is 30.3 Å². The summed E-state index contributed by atoms with van der Waals surface area (Å²) in [6.07, 6.45) is 2.38. The lowest BCUT2D eigenvalue weighted by atomic mass is 10.1. The van der Waals surface area contributed by atoms with Gasteiger partial charge in [-0.3, -0.25) is 14.2 Å². The SMILES string of the molecule is CC(=O)C(=O)CCP(=O)(O)CCCCc1ccccc1. The number of hydrogen-bond acceptors (Lipinski definition) is 3. The molecule has 110 valence electrons. The highest BCUT2D eigenvalue weighted by Crippen LogP contribution is 2.42. The quantitative estimate of drug-likeness (QED) is 0.432. The highest BCUT2D eigenvalue weighted by atomic mass is 31.2. The third kappa shape index (κ3) is 6.78. The molecule has 0 bridgehead atoms. The van der Waals surface area contributed by atoms with E-state index < -0.39 is 18.9 Å². The number of ketones is 2. The average Bonchev–Trinajstić information content (AvgIpc) is 2.42. The molecule has 0 fully saturated rings. The fraction of sp³-hybridized carbons (Fsp3) is 0.467. The van der Waals surface area contributed by atoms with Gasteiger partial charge in [-0.05, 0) is 24.8 Å². The van der Waals surface area contributed by atoms with Crippen LogP contribution in [0.3, 0.4) is 0 Å². The smallest absolute Gasteiger partial charge is 0.201 e. The minimum Gasteiger partial charge on any atom is -0.344 e. The van der Waals surface area contributed by atoms with Crippen LogP contribution in [0.5, 0.6) is 0 Å². The van der Waals surface area contributed by atoms with Crippen LogP contribution < -0.4 is 0 Å². The third-order valence-corrected chi connectivity index (χ3v) is 5.08. The number of hydrogen-bond donors (Lipinski definition) is 1. The van der Waals surface area contributed by atoms with Crippen molar-refractivity contribution in [1.82, 2.24) is 0 Å². The van der Waals surface area contributed by atoms with Crippen molar-refractivity contribution >= 4 is 18.9 Å². The minimum absolute atomic E-state index is 0.0866. The highest BCUT2D eigenvalue weighted by Gasteiger charge is 2.20. The first kappa shape index (κ1) is 16.8. The Bertz CT molecular complexity index is 496. The molecule has 0 saturated heterocycles. The molecule has 0 aliphatic carbocycles. The van der Waals surface area contributed by atoms with Crippen LogP contribution in [0.4, 0.5) is 0 Å². The van der Waals surface area contributed by atoms with Crippen molar-refractivity contribution < 1.29 is 19.0 Å². The van der Waals surface area contributed by atoms with E-state index in [1.54, 1.807) is 0 Å². The summed E-state index contributed by atoms with van der Waals surface area (Å²) < 4.78 is 11.8. The van der Waals surface area contributed by atoms with Gasteiger partial charge in [0, 0.05) is 25.7 Å². The van der Waals surface area contributed by atoms with Gasteiger partial charge < -0.3 is 4.89 Å². The molecular weight excluding hydrogens is 275 g/mol. The van der Waals surface area contributed by atoms with E-state index in [0.717, 1.165) is 12.8 Å². The molecule has 1 unspecified atom stereocenters. The second-order valence-corrected chi connectivity index (χ2v) is 7.55. The van der Waals surface area contributed by atoms with E-state index in [0.29, 0.717) is 6.42 Å². The van der Waals surface area contributed by atoms with Crippen LogP contribution >= 0.6 is 7.37 Å². The normalized spacial score (nSPS) is 13.7. The summed E-state index contributed by atoms with van der Waals surface area (Å²) in [5.41, 5.74) is 1.21. The largest absolute Gasteiger partial charge is 0.344 e. The van der Waals surface area contributed by atoms with E-state index in [-0.39, 0.29) is 18.7 Å². The summed E-state index contributed by atoms with van der Waals surface area (Å²) in [5, 5.41) is 0. The summed E-state index contributed by atoms with van der Waals surface area (Å²) in [5.74, 6) is -1.11. The summed E-state index contributed by atoms with van der Waals surface area (Å²) >= 11 is 0. The molecule has 20 heavy (non-hydrogen) atoms. The molecule has 0 aromatic heterocycles. The first-order chi connectivity index (χ1) is 9.41. The topological polar surface area (TPSA) is 71.4 Å². The van der Waals surface area contributed by atoms with Crippen LogP contribution in [-0.2, 0) is 20.6 Å². The van der Waals surface area contributed by atoms with Crippen LogP contribution in [0.15, 0.2) is 30.3 Å². The Labute approximate surface area is 119 Å². The van der Waals surface area contributed by atoms with Crippen molar-refractivity contribution in [1.29, 1.82) is 0 Å². The lowest BCUT2D eigenvalue weighted by Gasteiger charge is -2.10. The molecule has 5 heteroatoms. The molecule has 1 aromatic rings. The van der Waals surface area contributed by atoms with Crippen LogP contribution in [0.1, 0.15) is 31.7 Å². The molecule has 0 radical (unpaired) electrons. The van der Waals surface area contributed by atoms with Crippen molar-refractivity contribution in [3.8, 4) is 0 Å². The summed E-state index contributed by atoms with van der Waals surface area (Å²) in [7, 11) is -3.28. The Morgan fingerprint density at radius 1 is 1.10 bits per heavy atom. The first-order valence-electron chi connectivity index (χ1n) is 6.79. The molecule has 4 nitrogen and oxygen atoms in total. The second kappa shape index (κ2) is 8.13. The van der Waals surface area contributed by atoms with Crippen LogP contribution in [0.25, 0.3) is 0 Å². The Hall–Kier alpha value is -1.25. The lowest BCUT2D eigenvalue weighted by molar-refractivity contribution is -0.135. The highest BCUT2D eigenvalue weighted by molar-refractivity contribution is 7.58. The van der Waals surface area contributed by atoms with Crippen molar-refractivity contribution in [3.05, 3.63) is 35.9 Å². The Morgan fingerprint density at radius 2 is 1.75 bits per heavy atom. The zero-order valence-electron chi connectivity index (χ0n) is 11.7. The summed E-state index contributed by atoms with van der Waals surface area (Å²) in [4.78, 5) is 31.6. The number of benzene rings is 1. The molecule has 1 N–H and O–H groups in total. The van der Waals surface area contributed by atoms with E-state index in [1.165, 1.54) is 12.5 Å². The molecule has 0 aliphatic rings. The van der Waals surface area contributed by atoms with E-state index in [9.17, 15) is 19.0 Å². The van der Waals surface area contributed by atoms with E-state index in [4.69, 9.17) is 0 Å². The number of rotatable bonds is 9. The Balaban J connectivity index is 2.24. The zero-order valence-corrected chi connectivity index (χ0v) is 12.6. The van der Waals surface area contributed by atoms with Gasteiger partial charge in [-0.1, -0.05) is 30.3 Å². The molecule has 0 amide bonds. The Kier molecular flexibility index (Phi) is 6.83. The lowest BCUT2D eigenvalue weighted by Crippen LogP contribution is -2.11. The van der Waals surface area contributed by atoms with Gasteiger partial charge in [0.2, 0.25) is 7.37 Å². The molecule has 0 spiro atoms. The van der Waals surface area contributed by atoms with E-state index >= 15 is 0 Å². The number of carbonyl (C=O) groups excluding carboxylic acids is 2. The average molecular weight is 296 g/mol.